The molecule has 1 aromatic carbocycles. The maximum absolute atomic E-state index is 13.0. The third kappa shape index (κ3) is 3.62. The fourth-order valence-electron chi connectivity index (χ4n) is 1.94. The zero-order valence-electron chi connectivity index (χ0n) is 11.0. The van der Waals surface area contributed by atoms with Crippen molar-refractivity contribution in [3.05, 3.63) is 29.3 Å². The monoisotopic (exact) mass is 273 g/mol. The average Bonchev–Trinajstić information content (AvgIpc) is 2.34. The Hall–Kier alpha value is -1.72. The number of nitrogens with two attached hydrogens (primary N) is 1. The Labute approximate surface area is 110 Å². The summed E-state index contributed by atoms with van der Waals surface area (Å²) >= 11 is 0. The summed E-state index contributed by atoms with van der Waals surface area (Å²) in [5.41, 5.74) is 4.57. The van der Waals surface area contributed by atoms with Crippen molar-refractivity contribution in [3.8, 4) is 0 Å². The van der Waals surface area contributed by atoms with Gasteiger partial charge in [0.2, 0.25) is 0 Å². The molecule has 0 bridgehead atoms. The van der Waals surface area contributed by atoms with Gasteiger partial charge in [0.05, 0.1) is 5.56 Å². The number of hydrogen-bond donors (Lipinski definition) is 2. The number of alkyl halides is 3. The predicted octanol–water partition coefficient (Wildman–Crippen LogP) is 3.23. The van der Waals surface area contributed by atoms with E-state index in [-0.39, 0.29) is 5.56 Å². The number of hydrogen-bond acceptors (Lipinski definition) is 2. The van der Waals surface area contributed by atoms with Crippen LogP contribution in [0.3, 0.4) is 0 Å². The van der Waals surface area contributed by atoms with E-state index in [1.54, 1.807) is 6.07 Å². The van der Waals surface area contributed by atoms with Gasteiger partial charge in [-0.3, -0.25) is 5.41 Å². The first kappa shape index (κ1) is 15.3. The Balaban J connectivity index is 3.29. The molecule has 0 amide bonds. The van der Waals surface area contributed by atoms with E-state index < -0.39 is 17.6 Å². The molecule has 0 heterocycles. The van der Waals surface area contributed by atoms with Crippen LogP contribution in [0.2, 0.25) is 0 Å². The van der Waals surface area contributed by atoms with Crippen molar-refractivity contribution in [3.63, 3.8) is 0 Å². The van der Waals surface area contributed by atoms with Crippen LogP contribution in [0.4, 0.5) is 18.9 Å². The van der Waals surface area contributed by atoms with Gasteiger partial charge in [0, 0.05) is 24.3 Å². The van der Waals surface area contributed by atoms with Gasteiger partial charge < -0.3 is 10.6 Å². The van der Waals surface area contributed by atoms with Crippen LogP contribution in [-0.2, 0) is 6.18 Å². The van der Waals surface area contributed by atoms with E-state index in [4.69, 9.17) is 11.1 Å². The summed E-state index contributed by atoms with van der Waals surface area (Å²) in [6.45, 7) is 5.18. The van der Waals surface area contributed by atoms with Crippen LogP contribution < -0.4 is 10.6 Å². The standard InChI is InChI=1S/C13H18F3N3/c1-3-7-19(4-2)9-5-6-10(12(17)18)11(8-9)13(14,15)16/h5-6,8H,3-4,7H2,1-2H3,(H3,17,18). The molecule has 0 atom stereocenters. The number of halogens is 3. The maximum Gasteiger partial charge on any atom is 0.417 e. The summed E-state index contributed by atoms with van der Waals surface area (Å²) in [5.74, 6) is -0.572. The van der Waals surface area contributed by atoms with Gasteiger partial charge in [-0.25, -0.2) is 0 Å². The molecule has 106 valence electrons. The predicted molar refractivity (Wildman–Crippen MR) is 70.6 cm³/mol. The van der Waals surface area contributed by atoms with Crippen molar-refractivity contribution in [2.24, 2.45) is 5.73 Å². The van der Waals surface area contributed by atoms with Gasteiger partial charge in [-0.05, 0) is 31.5 Å². The first-order chi connectivity index (χ1) is 8.81. The molecule has 0 saturated carbocycles. The lowest BCUT2D eigenvalue weighted by Gasteiger charge is -2.24. The quantitative estimate of drug-likeness (QED) is 0.639. The van der Waals surface area contributed by atoms with Crippen molar-refractivity contribution < 1.29 is 13.2 Å². The first-order valence-corrected chi connectivity index (χ1v) is 6.11. The average molecular weight is 273 g/mol. The van der Waals surface area contributed by atoms with Crippen molar-refractivity contribution in [1.82, 2.24) is 0 Å². The number of nitrogen functional groups attached to an aromatic ring is 1. The van der Waals surface area contributed by atoms with Crippen LogP contribution in [0, 0.1) is 5.41 Å². The van der Waals surface area contributed by atoms with Gasteiger partial charge in [-0.1, -0.05) is 6.92 Å². The number of amidine groups is 1. The molecule has 0 radical (unpaired) electrons. The largest absolute Gasteiger partial charge is 0.417 e. The highest BCUT2D eigenvalue weighted by molar-refractivity contribution is 5.97. The third-order valence-corrected chi connectivity index (χ3v) is 2.84. The maximum atomic E-state index is 13.0. The van der Waals surface area contributed by atoms with Gasteiger partial charge in [0.1, 0.15) is 5.84 Å². The summed E-state index contributed by atoms with van der Waals surface area (Å²) in [6.07, 6.45) is -3.66. The van der Waals surface area contributed by atoms with Gasteiger partial charge >= 0.3 is 6.18 Å². The molecule has 1 rings (SSSR count). The molecule has 3 N–H and O–H groups in total. The third-order valence-electron chi connectivity index (χ3n) is 2.84. The topological polar surface area (TPSA) is 53.1 Å². The van der Waals surface area contributed by atoms with E-state index >= 15 is 0 Å². The van der Waals surface area contributed by atoms with E-state index in [0.717, 1.165) is 12.5 Å². The summed E-state index contributed by atoms with van der Waals surface area (Å²) in [4.78, 5) is 1.86. The second-order valence-corrected chi connectivity index (χ2v) is 4.22. The molecule has 6 heteroatoms. The highest BCUT2D eigenvalue weighted by Gasteiger charge is 2.34. The van der Waals surface area contributed by atoms with Crippen molar-refractivity contribution in [2.75, 3.05) is 18.0 Å². The van der Waals surface area contributed by atoms with Crippen molar-refractivity contribution >= 4 is 11.5 Å². The highest BCUT2D eigenvalue weighted by atomic mass is 19.4. The molecule has 3 nitrogen and oxygen atoms in total. The minimum absolute atomic E-state index is 0.274. The Bertz CT molecular complexity index is 455. The van der Waals surface area contributed by atoms with Crippen LogP contribution in [0.25, 0.3) is 0 Å². The smallest absolute Gasteiger partial charge is 0.384 e. The molecule has 0 aliphatic carbocycles. The van der Waals surface area contributed by atoms with Gasteiger partial charge in [0.25, 0.3) is 0 Å². The Morgan fingerprint density at radius 3 is 2.37 bits per heavy atom. The number of nitrogens with zero attached hydrogens (tertiary/aromatic N) is 1. The van der Waals surface area contributed by atoms with Crippen LogP contribution >= 0.6 is 0 Å². The fraction of sp³-hybridized carbons (Fsp3) is 0.462. The molecule has 0 aromatic heterocycles. The summed E-state index contributed by atoms with van der Waals surface area (Å²) < 4.78 is 38.9. The number of benzene rings is 1. The Morgan fingerprint density at radius 2 is 1.95 bits per heavy atom. The van der Waals surface area contributed by atoms with Crippen molar-refractivity contribution in [1.29, 1.82) is 5.41 Å². The number of nitrogens with one attached hydrogen (secondary N) is 1. The molecule has 19 heavy (non-hydrogen) atoms. The summed E-state index contributed by atoms with van der Waals surface area (Å²) in [6, 6.07) is 3.90. The number of rotatable bonds is 5. The first-order valence-electron chi connectivity index (χ1n) is 6.11. The molecule has 0 unspecified atom stereocenters. The minimum Gasteiger partial charge on any atom is -0.384 e. The van der Waals surface area contributed by atoms with E-state index in [0.29, 0.717) is 18.8 Å². The van der Waals surface area contributed by atoms with E-state index in [1.165, 1.54) is 6.07 Å². The number of anilines is 1. The Morgan fingerprint density at radius 1 is 1.32 bits per heavy atom. The zero-order valence-corrected chi connectivity index (χ0v) is 11.0. The Kier molecular flexibility index (Phi) is 4.80. The van der Waals surface area contributed by atoms with Crippen LogP contribution in [0.5, 0.6) is 0 Å². The molecular formula is C13H18F3N3. The molecule has 1 aromatic rings. The van der Waals surface area contributed by atoms with E-state index in [2.05, 4.69) is 0 Å². The lowest BCUT2D eigenvalue weighted by molar-refractivity contribution is -0.137. The second kappa shape index (κ2) is 5.95. The van der Waals surface area contributed by atoms with Crippen LogP contribution in [0.1, 0.15) is 31.4 Å². The lowest BCUT2D eigenvalue weighted by Crippen LogP contribution is -2.25. The molecule has 0 spiro atoms. The minimum atomic E-state index is -4.51. The summed E-state index contributed by atoms with van der Waals surface area (Å²) in [7, 11) is 0. The summed E-state index contributed by atoms with van der Waals surface area (Å²) in [5, 5.41) is 7.22. The lowest BCUT2D eigenvalue weighted by atomic mass is 10.0. The molecule has 0 aliphatic heterocycles. The molecule has 0 saturated heterocycles. The fourth-order valence-corrected chi connectivity index (χ4v) is 1.94. The van der Waals surface area contributed by atoms with E-state index in [1.807, 2.05) is 18.7 Å². The van der Waals surface area contributed by atoms with Gasteiger partial charge in [-0.15, -0.1) is 0 Å². The second-order valence-electron chi connectivity index (χ2n) is 4.22. The molecule has 0 aliphatic rings. The normalized spacial score (nSPS) is 11.4. The molecule has 0 fully saturated rings. The van der Waals surface area contributed by atoms with Crippen LogP contribution in [-0.4, -0.2) is 18.9 Å². The SMILES string of the molecule is CCCN(CC)c1ccc(C(=N)N)c(C(F)(F)F)c1. The highest BCUT2D eigenvalue weighted by Crippen LogP contribution is 2.34. The van der Waals surface area contributed by atoms with Crippen molar-refractivity contribution in [2.45, 2.75) is 26.4 Å². The van der Waals surface area contributed by atoms with Gasteiger partial charge in [-0.2, -0.15) is 13.2 Å². The van der Waals surface area contributed by atoms with Crippen LogP contribution in [0.15, 0.2) is 18.2 Å². The van der Waals surface area contributed by atoms with Gasteiger partial charge in [0.15, 0.2) is 0 Å². The van der Waals surface area contributed by atoms with E-state index in [9.17, 15) is 13.2 Å². The molecular weight excluding hydrogens is 255 g/mol. The zero-order chi connectivity index (χ0) is 14.6.